The lowest BCUT2D eigenvalue weighted by Gasteiger charge is -2.01. The van der Waals surface area contributed by atoms with Crippen LogP contribution >= 0.6 is 0 Å². The molecule has 2 aromatic heterocycles. The summed E-state index contributed by atoms with van der Waals surface area (Å²) in [5.74, 6) is 0. The highest BCUT2D eigenvalue weighted by molar-refractivity contribution is 5.62. The molecule has 13 heavy (non-hydrogen) atoms. The van der Waals surface area contributed by atoms with Gasteiger partial charge in [0, 0.05) is 6.20 Å². The summed E-state index contributed by atoms with van der Waals surface area (Å²) in [6.07, 6.45) is 6.24. The molecule has 2 heterocycles. The number of imidazole rings is 1. The molecule has 64 valence electrons. The third-order valence-corrected chi connectivity index (χ3v) is 2.17. The molecule has 0 fully saturated rings. The Kier molecular flexibility index (Phi) is 1.75. The van der Waals surface area contributed by atoms with Crippen molar-refractivity contribution in [1.29, 1.82) is 5.26 Å². The van der Waals surface area contributed by atoms with E-state index in [1.54, 1.807) is 12.5 Å². The van der Waals surface area contributed by atoms with E-state index in [9.17, 15) is 0 Å². The van der Waals surface area contributed by atoms with Gasteiger partial charge in [0.2, 0.25) is 0 Å². The van der Waals surface area contributed by atoms with E-state index in [0.717, 1.165) is 23.1 Å². The van der Waals surface area contributed by atoms with Crippen LogP contribution in [0.4, 0.5) is 0 Å². The molecule has 3 heteroatoms. The summed E-state index contributed by atoms with van der Waals surface area (Å²) in [5, 5.41) is 8.97. The molecule has 0 unspecified atom stereocenters. The van der Waals surface area contributed by atoms with E-state index in [1.807, 2.05) is 23.6 Å². The molecule has 0 aliphatic carbocycles. The van der Waals surface area contributed by atoms with E-state index in [0.29, 0.717) is 0 Å². The van der Waals surface area contributed by atoms with Crippen molar-refractivity contribution in [3.8, 4) is 6.07 Å². The summed E-state index contributed by atoms with van der Waals surface area (Å²) in [6, 6.07) is 4.18. The summed E-state index contributed by atoms with van der Waals surface area (Å²) in [6.45, 7) is 2.04. The first-order valence-electron chi connectivity index (χ1n) is 4.20. The predicted octanol–water partition coefficient (Wildman–Crippen LogP) is 1.77. The maximum atomic E-state index is 8.97. The van der Waals surface area contributed by atoms with Gasteiger partial charge in [0.25, 0.3) is 0 Å². The summed E-state index contributed by atoms with van der Waals surface area (Å²) >= 11 is 0. The van der Waals surface area contributed by atoms with Gasteiger partial charge in [0.15, 0.2) is 0 Å². The number of aryl methyl sites for hydroxylation is 1. The van der Waals surface area contributed by atoms with Crippen LogP contribution in [0.15, 0.2) is 24.8 Å². The first-order valence-corrected chi connectivity index (χ1v) is 4.20. The average Bonchev–Trinajstić information content (AvgIpc) is 2.63. The number of hydrogen-bond donors (Lipinski definition) is 0. The van der Waals surface area contributed by atoms with Gasteiger partial charge in [-0.3, -0.25) is 0 Å². The van der Waals surface area contributed by atoms with Gasteiger partial charge in [0.05, 0.1) is 23.6 Å². The van der Waals surface area contributed by atoms with Gasteiger partial charge in [-0.2, -0.15) is 5.26 Å². The van der Waals surface area contributed by atoms with Crippen molar-refractivity contribution in [2.45, 2.75) is 13.3 Å². The number of nitriles is 1. The zero-order valence-corrected chi connectivity index (χ0v) is 7.36. The maximum absolute atomic E-state index is 8.97. The molecule has 0 bridgehead atoms. The van der Waals surface area contributed by atoms with Crippen LogP contribution in [0.3, 0.4) is 0 Å². The summed E-state index contributed by atoms with van der Waals surface area (Å²) in [7, 11) is 0. The number of rotatable bonds is 1. The standard InChI is InChI=1S/C10H9N3/c1-2-8-3-4-13-7-12-6-10(13)9(8)5-11/h3-4,6-7H,2H2,1H3. The summed E-state index contributed by atoms with van der Waals surface area (Å²) in [4.78, 5) is 4.00. The van der Waals surface area contributed by atoms with Crippen LogP contribution in [0.1, 0.15) is 18.1 Å². The largest absolute Gasteiger partial charge is 0.305 e. The Labute approximate surface area is 76.3 Å². The van der Waals surface area contributed by atoms with Crippen molar-refractivity contribution < 1.29 is 0 Å². The van der Waals surface area contributed by atoms with Crippen LogP contribution in [0, 0.1) is 11.3 Å². The minimum Gasteiger partial charge on any atom is -0.305 e. The topological polar surface area (TPSA) is 41.1 Å². The molecule has 2 rings (SSSR count). The molecule has 0 atom stereocenters. The average molecular weight is 171 g/mol. The fourth-order valence-corrected chi connectivity index (χ4v) is 1.46. The molecule has 0 aliphatic rings. The quantitative estimate of drug-likeness (QED) is 0.656. The minimum absolute atomic E-state index is 0.738. The fraction of sp³-hybridized carbons (Fsp3) is 0.200. The van der Waals surface area contributed by atoms with E-state index in [1.165, 1.54) is 0 Å². The van der Waals surface area contributed by atoms with E-state index in [-0.39, 0.29) is 0 Å². The molecule has 0 saturated heterocycles. The lowest BCUT2D eigenvalue weighted by Crippen LogP contribution is -1.92. The second kappa shape index (κ2) is 2.91. The molecule has 0 aromatic carbocycles. The third-order valence-electron chi connectivity index (χ3n) is 2.17. The Morgan fingerprint density at radius 2 is 2.46 bits per heavy atom. The molecule has 0 saturated carbocycles. The molecule has 0 spiro atoms. The lowest BCUT2D eigenvalue weighted by atomic mass is 10.1. The van der Waals surface area contributed by atoms with Crippen LogP contribution in [-0.2, 0) is 6.42 Å². The van der Waals surface area contributed by atoms with Crippen LogP contribution in [0.5, 0.6) is 0 Å². The summed E-state index contributed by atoms with van der Waals surface area (Å²) < 4.78 is 1.86. The van der Waals surface area contributed by atoms with Gasteiger partial charge in [-0.15, -0.1) is 0 Å². The number of fused-ring (bicyclic) bond motifs is 1. The van der Waals surface area contributed by atoms with Gasteiger partial charge in [-0.05, 0) is 18.1 Å². The van der Waals surface area contributed by atoms with Gasteiger partial charge >= 0.3 is 0 Å². The highest BCUT2D eigenvalue weighted by Gasteiger charge is 2.05. The second-order valence-electron chi connectivity index (χ2n) is 2.87. The zero-order valence-electron chi connectivity index (χ0n) is 7.36. The molecule has 0 aliphatic heterocycles. The molecular formula is C10H9N3. The maximum Gasteiger partial charge on any atom is 0.102 e. The Morgan fingerprint density at radius 3 is 3.15 bits per heavy atom. The molecular weight excluding hydrogens is 162 g/mol. The first-order chi connectivity index (χ1) is 6.36. The molecule has 0 N–H and O–H groups in total. The van der Waals surface area contributed by atoms with Crippen molar-refractivity contribution in [3.05, 3.63) is 35.9 Å². The van der Waals surface area contributed by atoms with Crippen molar-refractivity contribution in [3.63, 3.8) is 0 Å². The Hall–Kier alpha value is -1.82. The van der Waals surface area contributed by atoms with E-state index in [2.05, 4.69) is 11.1 Å². The molecule has 2 aromatic rings. The Bertz CT molecular complexity index is 476. The van der Waals surface area contributed by atoms with Crippen LogP contribution in [0.2, 0.25) is 0 Å². The van der Waals surface area contributed by atoms with Gasteiger partial charge in [0.1, 0.15) is 6.07 Å². The minimum atomic E-state index is 0.738. The van der Waals surface area contributed by atoms with Gasteiger partial charge in [-0.25, -0.2) is 4.98 Å². The van der Waals surface area contributed by atoms with Crippen molar-refractivity contribution in [2.75, 3.05) is 0 Å². The lowest BCUT2D eigenvalue weighted by molar-refractivity contribution is 1.08. The highest BCUT2D eigenvalue weighted by Crippen LogP contribution is 2.14. The van der Waals surface area contributed by atoms with Crippen molar-refractivity contribution >= 4 is 5.52 Å². The van der Waals surface area contributed by atoms with Crippen LogP contribution in [-0.4, -0.2) is 9.38 Å². The first kappa shape index (κ1) is 7.81. The van der Waals surface area contributed by atoms with Crippen molar-refractivity contribution in [1.82, 2.24) is 9.38 Å². The van der Waals surface area contributed by atoms with Gasteiger partial charge in [-0.1, -0.05) is 6.92 Å². The number of nitrogens with zero attached hydrogens (tertiary/aromatic N) is 3. The van der Waals surface area contributed by atoms with Gasteiger partial charge < -0.3 is 4.40 Å². The van der Waals surface area contributed by atoms with E-state index < -0.39 is 0 Å². The summed E-state index contributed by atoms with van der Waals surface area (Å²) in [5.41, 5.74) is 2.71. The molecule has 0 radical (unpaired) electrons. The SMILES string of the molecule is CCc1ccn2cncc2c1C#N. The second-order valence-corrected chi connectivity index (χ2v) is 2.87. The Balaban J connectivity index is 2.84. The van der Waals surface area contributed by atoms with E-state index in [4.69, 9.17) is 5.26 Å². The fourth-order valence-electron chi connectivity index (χ4n) is 1.46. The van der Waals surface area contributed by atoms with Crippen LogP contribution in [0.25, 0.3) is 5.52 Å². The van der Waals surface area contributed by atoms with E-state index >= 15 is 0 Å². The van der Waals surface area contributed by atoms with Crippen LogP contribution < -0.4 is 0 Å². The highest BCUT2D eigenvalue weighted by atomic mass is 15.0. The predicted molar refractivity (Wildman–Crippen MR) is 49.3 cm³/mol. The number of hydrogen-bond acceptors (Lipinski definition) is 2. The zero-order chi connectivity index (χ0) is 9.26. The van der Waals surface area contributed by atoms with Crippen molar-refractivity contribution in [2.24, 2.45) is 0 Å². The normalized spacial score (nSPS) is 10.2. The number of pyridine rings is 1. The smallest absolute Gasteiger partial charge is 0.102 e. The monoisotopic (exact) mass is 171 g/mol. The third kappa shape index (κ3) is 1.07. The molecule has 3 nitrogen and oxygen atoms in total. The Morgan fingerprint density at radius 1 is 1.62 bits per heavy atom. The molecule has 0 amide bonds. The number of aromatic nitrogens is 2.